The fourth-order valence-corrected chi connectivity index (χ4v) is 8.96. The van der Waals surface area contributed by atoms with Crippen LogP contribution in [-0.2, 0) is 40.5 Å². The van der Waals surface area contributed by atoms with E-state index in [1.54, 1.807) is 50.2 Å². The van der Waals surface area contributed by atoms with Crippen molar-refractivity contribution in [2.45, 2.75) is 33.4 Å². The van der Waals surface area contributed by atoms with E-state index in [9.17, 15) is 61.5 Å². The van der Waals surface area contributed by atoms with Crippen molar-refractivity contribution in [2.24, 2.45) is 10.2 Å². The van der Waals surface area contributed by atoms with E-state index in [2.05, 4.69) is 21.1 Å². The van der Waals surface area contributed by atoms with Crippen LogP contribution in [-0.4, -0.2) is 74.9 Å². The number of hydrogen-bond donors (Lipinski definition) is 8. The molecule has 0 amide bonds. The molecule has 2 aliphatic carbocycles. The van der Waals surface area contributed by atoms with E-state index in [4.69, 9.17) is 11.5 Å². The van der Waals surface area contributed by atoms with E-state index >= 15 is 0 Å². The molecule has 302 valence electrons. The molecule has 4 aromatic carbocycles. The second-order valence-electron chi connectivity index (χ2n) is 12.7. The standard InChI is InChI=1S/C34H28N6O14S4/c1-15-11-17(3-7-21(15)37-39-23-9-5-19-25(55(43,44)45)13-27(57(49,50)51)31(35)29(19)33(23)41)18-4-8-22(16(2)12-18)38-40-24-10-6-20-26(56(46,47)48)14-28(58(52,53)54)32(36)30(20)34(24)42/h3-14,37-38H,35-36H2,1-2H3,(H,43,44,45)(H,46,47,48)(H,49,50,51)(H,52,53,54)/b39-23+,40-24?. The highest BCUT2D eigenvalue weighted by molar-refractivity contribution is 7.87. The van der Waals surface area contributed by atoms with Crippen molar-refractivity contribution >= 4 is 98.4 Å². The monoisotopic (exact) mass is 872 g/mol. The molecule has 58 heavy (non-hydrogen) atoms. The Morgan fingerprint density at radius 2 is 0.828 bits per heavy atom. The molecule has 0 fully saturated rings. The fourth-order valence-electron chi connectivity index (χ4n) is 6.09. The number of benzene rings is 4. The van der Waals surface area contributed by atoms with Gasteiger partial charge < -0.3 is 11.5 Å². The van der Waals surface area contributed by atoms with Gasteiger partial charge in [0.2, 0.25) is 11.6 Å². The van der Waals surface area contributed by atoms with E-state index in [0.29, 0.717) is 34.6 Å². The van der Waals surface area contributed by atoms with Crippen LogP contribution in [0.3, 0.4) is 0 Å². The van der Waals surface area contributed by atoms with E-state index in [-0.39, 0.29) is 11.4 Å². The Morgan fingerprint density at radius 1 is 0.500 bits per heavy atom. The van der Waals surface area contributed by atoms with Crippen LogP contribution >= 0.6 is 0 Å². The molecule has 2 aliphatic rings. The molecule has 4 aromatic rings. The molecule has 0 atom stereocenters. The molecule has 0 aromatic heterocycles. The van der Waals surface area contributed by atoms with Crippen LogP contribution in [0.5, 0.6) is 0 Å². The maximum Gasteiger partial charge on any atom is 0.296 e. The minimum atomic E-state index is -5.12. The van der Waals surface area contributed by atoms with Crippen molar-refractivity contribution in [2.75, 3.05) is 22.3 Å². The van der Waals surface area contributed by atoms with Crippen LogP contribution in [0, 0.1) is 13.8 Å². The largest absolute Gasteiger partial charge is 0.397 e. The average molecular weight is 873 g/mol. The number of nitrogen functional groups attached to an aromatic ring is 2. The minimum Gasteiger partial charge on any atom is -0.397 e. The Labute approximate surface area is 329 Å². The highest BCUT2D eigenvalue weighted by Crippen LogP contribution is 2.37. The molecular formula is C34H28N6O14S4. The van der Waals surface area contributed by atoms with Gasteiger partial charge in [0.15, 0.2) is 0 Å². The Kier molecular flexibility index (Phi) is 10.3. The average Bonchev–Trinajstić information content (AvgIpc) is 3.09. The first-order chi connectivity index (χ1) is 26.8. The third-order valence-electron chi connectivity index (χ3n) is 8.89. The van der Waals surface area contributed by atoms with Gasteiger partial charge in [0.25, 0.3) is 40.5 Å². The molecule has 10 N–H and O–H groups in total. The number of carbonyl (C=O) groups excluding carboxylic acids is 2. The zero-order valence-corrected chi connectivity index (χ0v) is 32.7. The van der Waals surface area contributed by atoms with Crippen molar-refractivity contribution in [3.63, 3.8) is 0 Å². The first-order valence-electron chi connectivity index (χ1n) is 16.0. The van der Waals surface area contributed by atoms with Crippen molar-refractivity contribution in [1.82, 2.24) is 0 Å². The van der Waals surface area contributed by atoms with Crippen molar-refractivity contribution in [1.29, 1.82) is 0 Å². The number of anilines is 4. The van der Waals surface area contributed by atoms with E-state index in [1.165, 1.54) is 0 Å². The lowest BCUT2D eigenvalue weighted by atomic mass is 9.93. The maximum atomic E-state index is 13.4. The lowest BCUT2D eigenvalue weighted by Gasteiger charge is -2.18. The van der Waals surface area contributed by atoms with Gasteiger partial charge in [0.05, 0.1) is 33.9 Å². The number of allylic oxidation sites excluding steroid dienone is 2. The highest BCUT2D eigenvalue weighted by atomic mass is 32.2. The number of nitrogens with two attached hydrogens (primary N) is 2. The zero-order valence-electron chi connectivity index (χ0n) is 29.5. The van der Waals surface area contributed by atoms with Crippen LogP contribution < -0.4 is 22.3 Å². The van der Waals surface area contributed by atoms with E-state index in [0.717, 1.165) is 35.4 Å². The Balaban J connectivity index is 1.23. The zero-order chi connectivity index (χ0) is 42.9. The summed E-state index contributed by atoms with van der Waals surface area (Å²) in [4.78, 5) is 22.6. The Bertz CT molecular complexity index is 2930. The topological polar surface area (TPSA) is 352 Å². The number of nitrogens with zero attached hydrogens (tertiary/aromatic N) is 2. The summed E-state index contributed by atoms with van der Waals surface area (Å²) < 4.78 is 134. The third kappa shape index (κ3) is 7.77. The molecule has 24 heteroatoms. The molecule has 0 bridgehead atoms. The van der Waals surface area contributed by atoms with Gasteiger partial charge in [-0.15, -0.1) is 0 Å². The molecule has 6 rings (SSSR count). The molecule has 20 nitrogen and oxygen atoms in total. The van der Waals surface area contributed by atoms with Crippen LogP contribution in [0.4, 0.5) is 22.7 Å². The quantitative estimate of drug-likeness (QED) is 0.0678. The van der Waals surface area contributed by atoms with Gasteiger partial charge >= 0.3 is 0 Å². The van der Waals surface area contributed by atoms with Crippen molar-refractivity contribution in [3.05, 3.63) is 94.1 Å². The summed E-state index contributed by atoms with van der Waals surface area (Å²) >= 11 is 0. The van der Waals surface area contributed by atoms with Gasteiger partial charge in [-0.1, -0.05) is 24.3 Å². The number of hydrogen-bond acceptors (Lipinski definition) is 16. The lowest BCUT2D eigenvalue weighted by molar-refractivity contribution is 0.105. The van der Waals surface area contributed by atoms with Gasteiger partial charge in [-0.2, -0.15) is 43.9 Å². The summed E-state index contributed by atoms with van der Waals surface area (Å²) in [6.45, 7) is 3.45. The molecular weight excluding hydrogens is 845 g/mol. The van der Waals surface area contributed by atoms with Crippen LogP contribution in [0.15, 0.2) is 90.5 Å². The van der Waals surface area contributed by atoms with Crippen LogP contribution in [0.1, 0.15) is 43.0 Å². The third-order valence-corrected chi connectivity index (χ3v) is 12.5. The van der Waals surface area contributed by atoms with Gasteiger partial charge in [-0.05, 0) is 84.7 Å². The second-order valence-corrected chi connectivity index (χ2v) is 18.2. The van der Waals surface area contributed by atoms with E-state index in [1.807, 2.05) is 0 Å². The first-order valence-corrected chi connectivity index (χ1v) is 21.7. The summed E-state index contributed by atoms with van der Waals surface area (Å²) in [6.07, 6.45) is 4.44. The second kappa shape index (κ2) is 14.4. The van der Waals surface area contributed by atoms with Gasteiger partial charge in [-0.25, -0.2) is 0 Å². The van der Waals surface area contributed by atoms with Crippen LogP contribution in [0.2, 0.25) is 0 Å². The number of Topliss-reactive ketones (excluding diaryl/α,β-unsaturated/α-hetero) is 2. The highest BCUT2D eigenvalue weighted by Gasteiger charge is 2.34. The number of nitrogens with one attached hydrogen (secondary N) is 2. The van der Waals surface area contributed by atoms with Gasteiger partial charge in [-0.3, -0.25) is 38.7 Å². The predicted octanol–water partition coefficient (Wildman–Crippen LogP) is 3.48. The number of aryl methyl sites for hydroxylation is 2. The molecule has 0 saturated heterocycles. The number of hydrazone groups is 2. The molecule has 0 radical (unpaired) electrons. The molecule has 0 saturated carbocycles. The Hall–Kier alpha value is -6.12. The molecule has 0 heterocycles. The fraction of sp³-hybridized carbons (Fsp3) is 0.0588. The minimum absolute atomic E-state index is 0.317. The van der Waals surface area contributed by atoms with E-state index < -0.39 is 105 Å². The first kappa shape index (κ1) is 41.5. The number of ketones is 2. The van der Waals surface area contributed by atoms with Gasteiger partial charge in [0, 0.05) is 11.1 Å². The molecule has 0 unspecified atom stereocenters. The molecule has 0 aliphatic heterocycles. The number of rotatable bonds is 9. The smallest absolute Gasteiger partial charge is 0.296 e. The number of carbonyl (C=O) groups is 2. The summed E-state index contributed by atoms with van der Waals surface area (Å²) in [5, 5.41) is 8.15. The maximum absolute atomic E-state index is 13.4. The van der Waals surface area contributed by atoms with Crippen molar-refractivity contribution < 1.29 is 61.5 Å². The summed E-state index contributed by atoms with van der Waals surface area (Å²) in [5.74, 6) is -2.01. The van der Waals surface area contributed by atoms with Gasteiger partial charge in [0.1, 0.15) is 31.0 Å². The summed E-state index contributed by atoms with van der Waals surface area (Å²) in [5.41, 5.74) is 16.6. The Morgan fingerprint density at radius 3 is 1.12 bits per heavy atom. The SMILES string of the molecule is Cc1cc(-c2ccc(N/N=C3\C=Cc4c(S(=O)(=O)O)cc(S(=O)(=O)O)c(N)c4C3=O)c(C)c2)ccc1NN=C1C=Cc2c(S(=O)(=O)O)cc(S(=O)(=O)O)c(N)c2C1=O. The summed E-state index contributed by atoms with van der Waals surface area (Å²) in [7, 11) is -20.4. The van der Waals surface area contributed by atoms with Crippen LogP contribution in [0.25, 0.3) is 23.3 Å². The lowest BCUT2D eigenvalue weighted by Crippen LogP contribution is -2.23. The van der Waals surface area contributed by atoms with Crippen molar-refractivity contribution in [3.8, 4) is 11.1 Å². The summed E-state index contributed by atoms with van der Waals surface area (Å²) in [6, 6.07) is 11.2. The normalized spacial score (nSPS) is 15.8. The molecule has 0 spiro atoms. The predicted molar refractivity (Wildman–Crippen MR) is 211 cm³/mol. The number of fused-ring (bicyclic) bond motifs is 2.